The van der Waals surface area contributed by atoms with Gasteiger partial charge in [-0.25, -0.2) is 14.6 Å². The highest BCUT2D eigenvalue weighted by molar-refractivity contribution is 5.96. The molecule has 0 aliphatic carbocycles. The number of benzene rings is 2. The van der Waals surface area contributed by atoms with E-state index in [0.717, 1.165) is 10.9 Å². The van der Waals surface area contributed by atoms with Crippen molar-refractivity contribution in [2.45, 2.75) is 90.6 Å². The zero-order valence-electron chi connectivity index (χ0n) is 30.6. The van der Waals surface area contributed by atoms with E-state index in [4.69, 9.17) is 23.9 Å². The van der Waals surface area contributed by atoms with Crippen molar-refractivity contribution in [1.82, 2.24) is 20.5 Å². The highest BCUT2D eigenvalue weighted by Gasteiger charge is 2.44. The van der Waals surface area contributed by atoms with E-state index in [-0.39, 0.29) is 24.7 Å². The monoisotopic (exact) mass is 700 g/mol. The Morgan fingerprint density at radius 3 is 2.43 bits per heavy atom. The van der Waals surface area contributed by atoms with Crippen molar-refractivity contribution in [3.63, 3.8) is 0 Å². The number of nitrogens with one attached hydrogen (secondary N) is 2. The number of alkyl carbamates (subject to hydrolysis) is 1. The van der Waals surface area contributed by atoms with Crippen molar-refractivity contribution in [3.8, 4) is 28.9 Å². The molecule has 13 heteroatoms. The first-order valence-corrected chi connectivity index (χ1v) is 17.1. The van der Waals surface area contributed by atoms with Crippen LogP contribution in [0, 0.1) is 17.4 Å². The third-order valence-corrected chi connectivity index (χ3v) is 8.32. The van der Waals surface area contributed by atoms with Gasteiger partial charge in [-0.05, 0) is 45.2 Å². The van der Waals surface area contributed by atoms with Gasteiger partial charge in [0.15, 0.2) is 6.19 Å². The van der Waals surface area contributed by atoms with Crippen LogP contribution in [0.25, 0.3) is 22.2 Å². The van der Waals surface area contributed by atoms with Crippen LogP contribution in [0.15, 0.2) is 59.6 Å². The van der Waals surface area contributed by atoms with Crippen LogP contribution in [0.1, 0.15) is 60.8 Å². The van der Waals surface area contributed by atoms with E-state index in [2.05, 4.69) is 15.6 Å². The van der Waals surface area contributed by atoms with E-state index in [0.29, 0.717) is 35.6 Å². The maximum atomic E-state index is 14.4. The molecule has 1 fully saturated rings. The lowest BCUT2D eigenvalue weighted by Gasteiger charge is -2.32. The number of amides is 2. The Hall–Kier alpha value is -5.38. The van der Waals surface area contributed by atoms with Crippen LogP contribution in [0.5, 0.6) is 11.5 Å². The molecule has 3 aromatic rings. The number of nitrogens with zero attached hydrogens (tertiary/aromatic N) is 4. The fourth-order valence-corrected chi connectivity index (χ4v) is 5.92. The molecule has 0 radical (unpaired) electrons. The number of methoxy groups -OCH3 is 2. The molecule has 2 heterocycles. The molecule has 0 spiro atoms. The molecule has 1 unspecified atom stereocenters. The van der Waals surface area contributed by atoms with Crippen LogP contribution in [0.4, 0.5) is 4.79 Å². The number of carbonyl (C=O) groups excluding carboxylic acids is 3. The fraction of sp³-hybridized carbons (Fsp3) is 0.474. The summed E-state index contributed by atoms with van der Waals surface area (Å²) in [5.41, 5.74) is 1.45. The predicted molar refractivity (Wildman–Crippen MR) is 193 cm³/mol. The Morgan fingerprint density at radius 1 is 1.10 bits per heavy atom. The second-order valence-corrected chi connectivity index (χ2v) is 13.7. The van der Waals surface area contributed by atoms with Gasteiger partial charge in [0, 0.05) is 29.5 Å². The summed E-state index contributed by atoms with van der Waals surface area (Å²) in [5.74, 6) is -0.00984. The van der Waals surface area contributed by atoms with Crippen LogP contribution in [-0.2, 0) is 19.1 Å². The summed E-state index contributed by atoms with van der Waals surface area (Å²) in [4.78, 5) is 51.1. The highest BCUT2D eigenvalue weighted by atomic mass is 16.6. The van der Waals surface area contributed by atoms with Gasteiger partial charge in [-0.15, -0.1) is 0 Å². The van der Waals surface area contributed by atoms with Crippen LogP contribution in [0.3, 0.4) is 0 Å². The number of aromatic nitrogens is 1. The zero-order valence-corrected chi connectivity index (χ0v) is 30.6. The highest BCUT2D eigenvalue weighted by Crippen LogP contribution is 2.35. The Morgan fingerprint density at radius 2 is 1.82 bits per heavy atom. The number of likely N-dealkylation sites (tertiary alicyclic amines) is 1. The summed E-state index contributed by atoms with van der Waals surface area (Å²) in [7, 11) is 2.87. The lowest BCUT2D eigenvalue weighted by Crippen LogP contribution is -2.55. The molecule has 1 saturated heterocycles. The van der Waals surface area contributed by atoms with Crippen LogP contribution in [-0.4, -0.2) is 84.3 Å². The smallest absolute Gasteiger partial charge is 0.408 e. The Labute approximate surface area is 299 Å². The number of fused-ring (bicyclic) bond motifs is 1. The largest absolute Gasteiger partial charge is 0.497 e. The summed E-state index contributed by atoms with van der Waals surface area (Å²) in [6.45, 7) is 10.9. The average molecular weight is 701 g/mol. The first-order valence-electron chi connectivity index (χ1n) is 17.1. The molecule has 4 atom stereocenters. The van der Waals surface area contributed by atoms with Gasteiger partial charge < -0.3 is 29.2 Å². The average Bonchev–Trinajstić information content (AvgIpc) is 3.52. The topological polar surface area (TPSA) is 164 Å². The van der Waals surface area contributed by atoms with Crippen molar-refractivity contribution in [2.75, 3.05) is 20.8 Å². The summed E-state index contributed by atoms with van der Waals surface area (Å²) in [6.07, 6.45) is 1.82. The molecule has 0 bridgehead atoms. The molecule has 0 saturated carbocycles. The molecular formula is C38H48N6O7. The summed E-state index contributed by atoms with van der Waals surface area (Å²) >= 11 is 0. The molecule has 2 amide bonds. The van der Waals surface area contributed by atoms with Gasteiger partial charge in [-0.3, -0.25) is 15.1 Å². The minimum absolute atomic E-state index is 0.0894. The number of nitriles is 1. The molecule has 2 aromatic carbocycles. The van der Waals surface area contributed by atoms with Gasteiger partial charge >= 0.3 is 12.1 Å². The molecule has 2 N–H and O–H groups in total. The van der Waals surface area contributed by atoms with E-state index < -0.39 is 47.8 Å². The number of ether oxygens (including phenoxy) is 4. The van der Waals surface area contributed by atoms with E-state index in [1.165, 1.54) is 7.11 Å². The fourth-order valence-electron chi connectivity index (χ4n) is 5.92. The lowest BCUT2D eigenvalue weighted by molar-refractivity contribution is -0.142. The van der Waals surface area contributed by atoms with E-state index in [1.54, 1.807) is 32.8 Å². The number of hydrogen-bond acceptors (Lipinski definition) is 10. The van der Waals surface area contributed by atoms with Crippen molar-refractivity contribution in [1.29, 1.82) is 5.26 Å². The minimum atomic E-state index is -0.976. The van der Waals surface area contributed by atoms with Crippen molar-refractivity contribution in [3.05, 3.63) is 54.6 Å². The number of aliphatic imine (C=N–C) groups is 1. The van der Waals surface area contributed by atoms with Gasteiger partial charge in [0.25, 0.3) is 0 Å². The van der Waals surface area contributed by atoms with Crippen LogP contribution < -0.4 is 20.1 Å². The number of esters is 1. The normalized spacial score (nSPS) is 17.3. The zero-order chi connectivity index (χ0) is 37.3. The Balaban J connectivity index is 1.79. The maximum absolute atomic E-state index is 14.4. The first kappa shape index (κ1) is 38.4. The number of amidine groups is 1. The second-order valence-electron chi connectivity index (χ2n) is 13.7. The first-order chi connectivity index (χ1) is 24.3. The van der Waals surface area contributed by atoms with E-state index in [1.807, 2.05) is 81.6 Å². The van der Waals surface area contributed by atoms with Crippen molar-refractivity contribution < 1.29 is 33.3 Å². The lowest BCUT2D eigenvalue weighted by atomic mass is 10.0. The Bertz CT molecular complexity index is 1770. The molecule has 272 valence electrons. The third kappa shape index (κ3) is 9.87. The molecule has 4 rings (SSSR count). The van der Waals surface area contributed by atoms with Crippen LogP contribution >= 0.6 is 0 Å². The summed E-state index contributed by atoms with van der Waals surface area (Å²) in [6, 6.07) is 14.4. The molecule has 13 nitrogen and oxygen atoms in total. The third-order valence-electron chi connectivity index (χ3n) is 8.32. The molecule has 1 aromatic heterocycles. The number of carbonyl (C=O) groups is 3. The standard InChI is InChI=1S/C38H48N6O7/c1-9-13-28(36(46)49-8)42-34(40-22-39)31-19-26(21-44(31)35(45)33(23(2)3)43-37(47)51-38(4,5)6)50-32-20-29(24-14-11-10-12-15-24)41-30-18-25(48-7)16-17-27(30)32/h10-12,14-18,20,23,26,28,31,33H,9,13,19,21H2,1-8H3,(H,40,42)(H,43,47)/t26-,28+,31+,33?/m1/s1. The van der Waals surface area contributed by atoms with Crippen molar-refractivity contribution >= 4 is 34.7 Å². The molecule has 1 aliphatic heterocycles. The van der Waals surface area contributed by atoms with E-state index in [9.17, 15) is 19.6 Å². The number of pyridine rings is 1. The summed E-state index contributed by atoms with van der Waals surface area (Å²) < 4.78 is 22.7. The maximum Gasteiger partial charge on any atom is 0.408 e. The number of rotatable bonds is 12. The molecule has 1 aliphatic rings. The number of hydrogen-bond donors (Lipinski definition) is 2. The van der Waals surface area contributed by atoms with Gasteiger partial charge in [0.2, 0.25) is 5.91 Å². The van der Waals surface area contributed by atoms with E-state index >= 15 is 0 Å². The Kier molecular flexibility index (Phi) is 12.8. The quantitative estimate of drug-likeness (QED) is 0.0797. The second kappa shape index (κ2) is 17.0. The van der Waals surface area contributed by atoms with Gasteiger partial charge in [0.1, 0.15) is 41.1 Å². The van der Waals surface area contributed by atoms with Crippen molar-refractivity contribution in [2.24, 2.45) is 10.9 Å². The van der Waals surface area contributed by atoms with Gasteiger partial charge in [0.05, 0.1) is 38.0 Å². The predicted octanol–water partition coefficient (Wildman–Crippen LogP) is 5.62. The minimum Gasteiger partial charge on any atom is -0.497 e. The van der Waals surface area contributed by atoms with Gasteiger partial charge in [-0.1, -0.05) is 57.5 Å². The molecular weight excluding hydrogens is 652 g/mol. The van der Waals surface area contributed by atoms with Gasteiger partial charge in [-0.2, -0.15) is 5.26 Å². The molecule has 51 heavy (non-hydrogen) atoms. The summed E-state index contributed by atoms with van der Waals surface area (Å²) in [5, 5.41) is 15.9. The SMILES string of the molecule is CCC[C@H](N=C(NC#N)[C@@H]1C[C@@H](Oc2cc(-c3ccccc3)nc3cc(OC)ccc23)CN1C(=O)C(NC(=O)OC(C)(C)C)C(C)C)C(=O)OC. The van der Waals surface area contributed by atoms with Crippen LogP contribution in [0.2, 0.25) is 0 Å².